The molecule has 0 aromatic carbocycles. The van der Waals surface area contributed by atoms with Gasteiger partial charge in [0.1, 0.15) is 12.6 Å². The summed E-state index contributed by atoms with van der Waals surface area (Å²) < 4.78 is 1.37. The molecule has 1 atom stereocenters. The predicted molar refractivity (Wildman–Crippen MR) is 63.5 cm³/mol. The number of hydrogen-bond donors (Lipinski definition) is 2. The molecular formula is C9H13N5O3S. The van der Waals surface area contributed by atoms with Gasteiger partial charge in [-0.3, -0.25) is 4.79 Å². The van der Waals surface area contributed by atoms with Gasteiger partial charge in [-0.2, -0.15) is 0 Å². The van der Waals surface area contributed by atoms with Gasteiger partial charge >= 0.3 is 5.97 Å². The number of carboxylic acid groups (broad SMARTS) is 1. The molecular weight excluding hydrogens is 258 g/mol. The number of aromatic nitrogens is 3. The first-order valence-electron chi connectivity index (χ1n) is 5.31. The van der Waals surface area contributed by atoms with Gasteiger partial charge in [-0.1, -0.05) is 5.21 Å². The maximum Gasteiger partial charge on any atom is 0.327 e. The highest BCUT2D eigenvalue weighted by atomic mass is 32.2. The summed E-state index contributed by atoms with van der Waals surface area (Å²) in [4.78, 5) is 24.3. The van der Waals surface area contributed by atoms with E-state index in [0.717, 1.165) is 0 Å². The average molecular weight is 271 g/mol. The van der Waals surface area contributed by atoms with Gasteiger partial charge < -0.3 is 15.7 Å². The van der Waals surface area contributed by atoms with E-state index >= 15 is 0 Å². The Morgan fingerprint density at radius 1 is 1.61 bits per heavy atom. The van der Waals surface area contributed by atoms with Crippen molar-refractivity contribution in [1.82, 2.24) is 19.9 Å². The van der Waals surface area contributed by atoms with E-state index in [-0.39, 0.29) is 19.0 Å². The molecule has 1 amide bonds. The Bertz CT molecular complexity index is 463. The van der Waals surface area contributed by atoms with E-state index in [1.807, 2.05) is 0 Å². The number of carbonyl (C=O) groups is 2. The summed E-state index contributed by atoms with van der Waals surface area (Å²) in [5.41, 5.74) is 5.98. The maximum atomic E-state index is 12.0. The van der Waals surface area contributed by atoms with Crippen molar-refractivity contribution in [3.63, 3.8) is 0 Å². The van der Waals surface area contributed by atoms with Crippen molar-refractivity contribution in [2.45, 2.75) is 19.1 Å². The van der Waals surface area contributed by atoms with E-state index in [9.17, 15) is 9.59 Å². The highest BCUT2D eigenvalue weighted by Crippen LogP contribution is 2.21. The van der Waals surface area contributed by atoms with Crippen molar-refractivity contribution in [1.29, 1.82) is 0 Å². The molecule has 1 aromatic heterocycles. The van der Waals surface area contributed by atoms with Crippen LogP contribution in [0, 0.1) is 0 Å². The highest BCUT2D eigenvalue weighted by Gasteiger charge is 2.34. The summed E-state index contributed by atoms with van der Waals surface area (Å²) in [6.45, 7) is 0.239. The number of carboxylic acids is 1. The van der Waals surface area contributed by atoms with Gasteiger partial charge in [-0.15, -0.1) is 16.9 Å². The zero-order valence-electron chi connectivity index (χ0n) is 9.52. The highest BCUT2D eigenvalue weighted by molar-refractivity contribution is 7.99. The van der Waals surface area contributed by atoms with Crippen LogP contribution in [0.1, 0.15) is 5.69 Å². The van der Waals surface area contributed by atoms with Crippen LogP contribution >= 0.6 is 11.8 Å². The van der Waals surface area contributed by atoms with Gasteiger partial charge in [-0.05, 0) is 0 Å². The Labute approximate surface area is 107 Å². The lowest BCUT2D eigenvalue weighted by atomic mass is 10.3. The van der Waals surface area contributed by atoms with E-state index in [4.69, 9.17) is 10.8 Å². The summed E-state index contributed by atoms with van der Waals surface area (Å²) in [6.07, 6.45) is 1.58. The molecule has 98 valence electrons. The van der Waals surface area contributed by atoms with Crippen LogP contribution in [0.25, 0.3) is 0 Å². The van der Waals surface area contributed by atoms with Gasteiger partial charge in [0.25, 0.3) is 0 Å². The molecule has 1 aliphatic rings. The minimum atomic E-state index is -0.977. The first-order chi connectivity index (χ1) is 8.61. The Balaban J connectivity index is 2.01. The lowest BCUT2D eigenvalue weighted by Crippen LogP contribution is -2.43. The van der Waals surface area contributed by atoms with E-state index in [1.54, 1.807) is 6.20 Å². The summed E-state index contributed by atoms with van der Waals surface area (Å²) in [5.74, 6) is -0.434. The van der Waals surface area contributed by atoms with Crippen LogP contribution in [-0.4, -0.2) is 54.5 Å². The molecule has 2 rings (SSSR count). The van der Waals surface area contributed by atoms with E-state index in [0.29, 0.717) is 17.3 Å². The van der Waals surface area contributed by atoms with Crippen molar-refractivity contribution in [3.8, 4) is 0 Å². The molecule has 1 saturated heterocycles. The minimum absolute atomic E-state index is 0.0165. The number of amides is 1. The number of nitrogens with zero attached hydrogens (tertiary/aromatic N) is 4. The SMILES string of the molecule is NCc1cn(CC(=O)N2CSC[C@H]2C(=O)O)nn1. The van der Waals surface area contributed by atoms with Crippen LogP contribution in [0.3, 0.4) is 0 Å². The first-order valence-corrected chi connectivity index (χ1v) is 6.46. The van der Waals surface area contributed by atoms with Crippen molar-refractivity contribution >= 4 is 23.6 Å². The van der Waals surface area contributed by atoms with Crippen LogP contribution in [0.15, 0.2) is 6.20 Å². The normalized spacial score (nSPS) is 19.2. The lowest BCUT2D eigenvalue weighted by molar-refractivity contribution is -0.148. The molecule has 2 heterocycles. The van der Waals surface area contributed by atoms with Gasteiger partial charge in [0.2, 0.25) is 5.91 Å². The fourth-order valence-corrected chi connectivity index (χ4v) is 2.80. The lowest BCUT2D eigenvalue weighted by Gasteiger charge is -2.20. The minimum Gasteiger partial charge on any atom is -0.480 e. The average Bonchev–Trinajstić information content (AvgIpc) is 2.96. The summed E-state index contributed by atoms with van der Waals surface area (Å²) >= 11 is 1.43. The summed E-state index contributed by atoms with van der Waals surface area (Å²) in [6, 6.07) is -0.750. The number of nitrogens with two attached hydrogens (primary N) is 1. The number of rotatable bonds is 4. The standard InChI is InChI=1S/C9H13N5O3S/c10-1-6-2-13(12-11-6)3-8(15)14-5-18-4-7(14)9(16)17/h2,7H,1,3-5,10H2,(H,16,17)/t7-/m0/s1. The molecule has 0 unspecified atom stereocenters. The number of hydrogen-bond acceptors (Lipinski definition) is 6. The number of thioether (sulfide) groups is 1. The van der Waals surface area contributed by atoms with Crippen LogP contribution in [0.4, 0.5) is 0 Å². The second kappa shape index (κ2) is 5.36. The smallest absolute Gasteiger partial charge is 0.327 e. The van der Waals surface area contributed by atoms with E-state index in [1.165, 1.54) is 21.3 Å². The molecule has 0 bridgehead atoms. The van der Waals surface area contributed by atoms with Crippen molar-refractivity contribution in [2.75, 3.05) is 11.6 Å². The maximum absolute atomic E-state index is 12.0. The molecule has 1 fully saturated rings. The van der Waals surface area contributed by atoms with Gasteiger partial charge in [0, 0.05) is 12.3 Å². The first kappa shape index (κ1) is 12.8. The third kappa shape index (κ3) is 2.62. The molecule has 18 heavy (non-hydrogen) atoms. The quantitative estimate of drug-likeness (QED) is 0.701. The molecule has 1 aliphatic heterocycles. The topological polar surface area (TPSA) is 114 Å². The number of aliphatic carboxylic acids is 1. The number of carbonyl (C=O) groups excluding carboxylic acids is 1. The van der Waals surface area contributed by atoms with Gasteiger partial charge in [0.15, 0.2) is 0 Å². The van der Waals surface area contributed by atoms with E-state index in [2.05, 4.69) is 10.3 Å². The third-order valence-corrected chi connectivity index (χ3v) is 3.59. The van der Waals surface area contributed by atoms with Gasteiger partial charge in [0.05, 0.1) is 17.8 Å². The predicted octanol–water partition coefficient (Wildman–Crippen LogP) is -1.28. The molecule has 0 radical (unpaired) electrons. The fourth-order valence-electron chi connectivity index (χ4n) is 1.63. The second-order valence-electron chi connectivity index (χ2n) is 3.83. The third-order valence-electron chi connectivity index (χ3n) is 2.58. The Hall–Kier alpha value is -1.61. The Morgan fingerprint density at radius 2 is 2.39 bits per heavy atom. The van der Waals surface area contributed by atoms with Crippen LogP contribution in [-0.2, 0) is 22.7 Å². The fraction of sp³-hybridized carbons (Fsp3) is 0.556. The second-order valence-corrected chi connectivity index (χ2v) is 4.83. The van der Waals surface area contributed by atoms with Crippen molar-refractivity contribution < 1.29 is 14.7 Å². The monoisotopic (exact) mass is 271 g/mol. The van der Waals surface area contributed by atoms with E-state index < -0.39 is 12.0 Å². The van der Waals surface area contributed by atoms with Crippen LogP contribution in [0.2, 0.25) is 0 Å². The molecule has 0 aliphatic carbocycles. The van der Waals surface area contributed by atoms with Crippen LogP contribution in [0.5, 0.6) is 0 Å². The summed E-state index contributed by atoms with van der Waals surface area (Å²) in [7, 11) is 0. The summed E-state index contributed by atoms with van der Waals surface area (Å²) in [5, 5.41) is 16.5. The zero-order chi connectivity index (χ0) is 13.1. The molecule has 0 spiro atoms. The molecule has 9 heteroatoms. The van der Waals surface area contributed by atoms with Crippen molar-refractivity contribution in [3.05, 3.63) is 11.9 Å². The Kier molecular flexibility index (Phi) is 3.82. The molecule has 1 aromatic rings. The molecule has 0 saturated carbocycles. The van der Waals surface area contributed by atoms with Crippen LogP contribution < -0.4 is 5.73 Å². The van der Waals surface area contributed by atoms with Gasteiger partial charge in [-0.25, -0.2) is 9.48 Å². The molecule has 3 N–H and O–H groups in total. The largest absolute Gasteiger partial charge is 0.480 e. The zero-order valence-corrected chi connectivity index (χ0v) is 10.3. The van der Waals surface area contributed by atoms with Crippen molar-refractivity contribution in [2.24, 2.45) is 5.73 Å². The molecule has 8 nitrogen and oxygen atoms in total. The Morgan fingerprint density at radius 3 is 3.00 bits per heavy atom.